The van der Waals surface area contributed by atoms with E-state index >= 15 is 0 Å². The van der Waals surface area contributed by atoms with E-state index in [0.717, 1.165) is 11.1 Å². The van der Waals surface area contributed by atoms with Crippen LogP contribution in [-0.2, 0) is 21.2 Å². The Kier molecular flexibility index (Phi) is 6.76. The fourth-order valence-electron chi connectivity index (χ4n) is 3.40. The summed E-state index contributed by atoms with van der Waals surface area (Å²) in [5.41, 5.74) is 1.61. The molecule has 1 saturated heterocycles. The Labute approximate surface area is 181 Å². The average Bonchev–Trinajstić information content (AvgIpc) is 3.03. The Hall–Kier alpha value is -1.76. The Morgan fingerprint density at radius 2 is 1.93 bits per heavy atom. The van der Waals surface area contributed by atoms with Gasteiger partial charge in [0.15, 0.2) is 15.9 Å². The molecule has 2 aromatic rings. The number of aryl methyl sites for hydroxylation is 1. The number of hydrogen-bond donors (Lipinski definition) is 0. The van der Waals surface area contributed by atoms with Gasteiger partial charge in [-0.05, 0) is 55.7 Å². The van der Waals surface area contributed by atoms with Crippen molar-refractivity contribution < 1.29 is 17.9 Å². The molecule has 0 spiro atoms. The van der Waals surface area contributed by atoms with Gasteiger partial charge in [-0.15, -0.1) is 0 Å². The van der Waals surface area contributed by atoms with E-state index in [9.17, 15) is 13.2 Å². The summed E-state index contributed by atoms with van der Waals surface area (Å²) in [4.78, 5) is 14.8. The second-order valence-electron chi connectivity index (χ2n) is 7.29. The third kappa shape index (κ3) is 5.44. The third-order valence-corrected chi connectivity index (χ3v) is 7.56. The van der Waals surface area contributed by atoms with Gasteiger partial charge in [-0.25, -0.2) is 8.42 Å². The van der Waals surface area contributed by atoms with Gasteiger partial charge in [0, 0.05) is 22.6 Å². The minimum atomic E-state index is -3.15. The van der Waals surface area contributed by atoms with Crippen LogP contribution >= 0.6 is 23.2 Å². The maximum atomic E-state index is 13.3. The van der Waals surface area contributed by atoms with Crippen molar-refractivity contribution in [3.63, 3.8) is 0 Å². The first kappa shape index (κ1) is 21.9. The summed E-state index contributed by atoms with van der Waals surface area (Å²) in [5.74, 6) is 0.287. The second kappa shape index (κ2) is 8.94. The van der Waals surface area contributed by atoms with Gasteiger partial charge in [0.25, 0.3) is 5.91 Å². The third-order valence-electron chi connectivity index (χ3n) is 5.02. The van der Waals surface area contributed by atoms with Gasteiger partial charge in [0.2, 0.25) is 0 Å². The van der Waals surface area contributed by atoms with Crippen LogP contribution in [0.5, 0.6) is 5.75 Å². The van der Waals surface area contributed by atoms with Crippen LogP contribution in [0.15, 0.2) is 42.5 Å². The number of ether oxygens (including phenoxy) is 1. The second-order valence-corrected chi connectivity index (χ2v) is 10.3. The number of carbonyl (C=O) groups is 1. The average molecular weight is 456 g/mol. The van der Waals surface area contributed by atoms with Crippen molar-refractivity contribution in [1.29, 1.82) is 0 Å². The molecule has 1 amide bonds. The molecule has 29 heavy (non-hydrogen) atoms. The Bertz CT molecular complexity index is 1010. The van der Waals surface area contributed by atoms with Crippen LogP contribution in [0, 0.1) is 6.92 Å². The number of amides is 1. The topological polar surface area (TPSA) is 63.7 Å². The first-order chi connectivity index (χ1) is 13.7. The van der Waals surface area contributed by atoms with Gasteiger partial charge >= 0.3 is 0 Å². The number of carbonyl (C=O) groups excluding carboxylic acids is 1. The number of benzene rings is 2. The van der Waals surface area contributed by atoms with Crippen LogP contribution < -0.4 is 4.74 Å². The summed E-state index contributed by atoms with van der Waals surface area (Å²) < 4.78 is 29.9. The molecule has 156 valence electrons. The van der Waals surface area contributed by atoms with E-state index in [2.05, 4.69) is 0 Å². The van der Waals surface area contributed by atoms with Crippen LogP contribution in [0.2, 0.25) is 10.0 Å². The summed E-state index contributed by atoms with van der Waals surface area (Å²) in [6.07, 6.45) is -0.382. The smallest absolute Gasteiger partial charge is 0.263 e. The lowest BCUT2D eigenvalue weighted by molar-refractivity contribution is -0.140. The predicted molar refractivity (Wildman–Crippen MR) is 115 cm³/mol. The van der Waals surface area contributed by atoms with Gasteiger partial charge in [-0.1, -0.05) is 41.4 Å². The van der Waals surface area contributed by atoms with Crippen LogP contribution in [0.25, 0.3) is 0 Å². The lowest BCUT2D eigenvalue weighted by atomic mass is 10.1. The number of hydrogen-bond acceptors (Lipinski definition) is 4. The Morgan fingerprint density at radius 1 is 1.21 bits per heavy atom. The fourth-order valence-corrected chi connectivity index (χ4v) is 5.44. The minimum Gasteiger partial charge on any atom is -0.481 e. The van der Waals surface area contributed by atoms with Crippen LogP contribution in [0.3, 0.4) is 0 Å². The monoisotopic (exact) mass is 455 g/mol. The zero-order chi connectivity index (χ0) is 21.2. The molecule has 3 rings (SSSR count). The molecule has 2 atom stereocenters. The molecular weight excluding hydrogens is 433 g/mol. The quantitative estimate of drug-likeness (QED) is 0.651. The molecule has 0 saturated carbocycles. The molecule has 5 nitrogen and oxygen atoms in total. The molecule has 1 aliphatic heterocycles. The standard InChI is InChI=1S/C21H23Cl2NO4S/c1-14-11-18(7-8-19(14)22)28-15(2)21(25)24(17-9-10-29(26,27)13-17)12-16-5-3-4-6-20(16)23/h3-8,11,15,17H,9-10,12-13H2,1-2H3. The highest BCUT2D eigenvalue weighted by Gasteiger charge is 2.36. The Morgan fingerprint density at radius 3 is 2.55 bits per heavy atom. The highest BCUT2D eigenvalue weighted by atomic mass is 35.5. The van der Waals surface area contributed by atoms with Crippen molar-refractivity contribution in [3.05, 3.63) is 63.6 Å². The first-order valence-electron chi connectivity index (χ1n) is 9.33. The summed E-state index contributed by atoms with van der Waals surface area (Å²) in [6.45, 7) is 3.75. The maximum absolute atomic E-state index is 13.3. The SMILES string of the molecule is Cc1cc(OC(C)C(=O)N(Cc2ccccc2Cl)C2CCS(=O)(=O)C2)ccc1Cl. The van der Waals surface area contributed by atoms with E-state index in [1.165, 1.54) is 0 Å². The molecule has 0 aromatic heterocycles. The van der Waals surface area contributed by atoms with Crippen molar-refractivity contribution in [2.24, 2.45) is 0 Å². The van der Waals surface area contributed by atoms with Crippen molar-refractivity contribution in [2.75, 3.05) is 11.5 Å². The largest absolute Gasteiger partial charge is 0.481 e. The van der Waals surface area contributed by atoms with Gasteiger partial charge in [0.05, 0.1) is 11.5 Å². The number of sulfone groups is 1. The first-order valence-corrected chi connectivity index (χ1v) is 11.9. The molecular formula is C21H23Cl2NO4S. The van der Waals surface area contributed by atoms with E-state index in [0.29, 0.717) is 22.2 Å². The van der Waals surface area contributed by atoms with Gasteiger partial charge in [-0.3, -0.25) is 4.79 Å². The lowest BCUT2D eigenvalue weighted by Gasteiger charge is -2.31. The normalized spacial score (nSPS) is 19.0. The molecule has 0 N–H and O–H groups in total. The molecule has 8 heteroatoms. The van der Waals surface area contributed by atoms with Crippen LogP contribution in [0.4, 0.5) is 0 Å². The van der Waals surface area contributed by atoms with E-state index in [1.54, 1.807) is 36.1 Å². The van der Waals surface area contributed by atoms with Gasteiger partial charge in [0.1, 0.15) is 5.75 Å². The molecule has 0 radical (unpaired) electrons. The molecule has 0 bridgehead atoms. The number of nitrogens with zero attached hydrogens (tertiary/aromatic N) is 1. The predicted octanol–water partition coefficient (Wildman–Crippen LogP) is 4.29. The van der Waals surface area contributed by atoms with Crippen molar-refractivity contribution in [3.8, 4) is 5.75 Å². The van der Waals surface area contributed by atoms with Crippen LogP contribution in [-0.4, -0.2) is 42.9 Å². The Balaban J connectivity index is 1.82. The zero-order valence-corrected chi connectivity index (χ0v) is 18.6. The van der Waals surface area contributed by atoms with E-state index in [4.69, 9.17) is 27.9 Å². The van der Waals surface area contributed by atoms with Gasteiger partial charge in [-0.2, -0.15) is 0 Å². The minimum absolute atomic E-state index is 0.0457. The van der Waals surface area contributed by atoms with E-state index < -0.39 is 22.0 Å². The van der Waals surface area contributed by atoms with Crippen molar-refractivity contribution in [2.45, 2.75) is 39.0 Å². The number of rotatable bonds is 6. The highest BCUT2D eigenvalue weighted by Crippen LogP contribution is 2.26. The van der Waals surface area contributed by atoms with E-state index in [1.807, 2.05) is 25.1 Å². The van der Waals surface area contributed by atoms with Crippen LogP contribution in [0.1, 0.15) is 24.5 Å². The zero-order valence-electron chi connectivity index (χ0n) is 16.3. The fraction of sp³-hybridized carbons (Fsp3) is 0.381. The summed E-state index contributed by atoms with van der Waals surface area (Å²) in [5, 5.41) is 1.15. The summed E-state index contributed by atoms with van der Waals surface area (Å²) >= 11 is 12.3. The van der Waals surface area contributed by atoms with Gasteiger partial charge < -0.3 is 9.64 Å². The van der Waals surface area contributed by atoms with Crippen molar-refractivity contribution in [1.82, 2.24) is 4.90 Å². The number of halogens is 2. The van der Waals surface area contributed by atoms with E-state index in [-0.39, 0.29) is 24.0 Å². The molecule has 2 aromatic carbocycles. The van der Waals surface area contributed by atoms with Crippen molar-refractivity contribution >= 4 is 38.9 Å². The summed E-state index contributed by atoms with van der Waals surface area (Å²) in [6, 6.07) is 12.0. The maximum Gasteiger partial charge on any atom is 0.263 e. The highest BCUT2D eigenvalue weighted by molar-refractivity contribution is 7.91. The molecule has 1 heterocycles. The molecule has 0 aliphatic carbocycles. The molecule has 1 fully saturated rings. The molecule has 1 aliphatic rings. The summed E-state index contributed by atoms with van der Waals surface area (Å²) in [7, 11) is -3.15. The lowest BCUT2D eigenvalue weighted by Crippen LogP contribution is -2.46. The molecule has 2 unspecified atom stereocenters.